The Kier molecular flexibility index (Phi) is 5.09. The minimum Gasteiger partial charge on any atom is -0.423 e. The van der Waals surface area contributed by atoms with Gasteiger partial charge in [-0.3, -0.25) is 0 Å². The average molecular weight is 366 g/mol. The third kappa shape index (κ3) is 3.94. The number of nitrogens with one attached hydrogen (secondary N) is 2. The van der Waals surface area contributed by atoms with Crippen molar-refractivity contribution in [2.75, 3.05) is 5.32 Å². The Balaban J connectivity index is 1.75. The van der Waals surface area contributed by atoms with Crippen LogP contribution in [0.25, 0.3) is 11.0 Å². The van der Waals surface area contributed by atoms with E-state index in [1.165, 1.54) is 22.8 Å². The first-order chi connectivity index (χ1) is 12.3. The third-order valence-electron chi connectivity index (χ3n) is 4.45. The van der Waals surface area contributed by atoms with Gasteiger partial charge in [-0.2, -0.15) is 0 Å². The highest BCUT2D eigenvalue weighted by Gasteiger charge is 2.10. The number of aryl methyl sites for hydroxylation is 3. The highest BCUT2D eigenvalue weighted by molar-refractivity contribution is 7.80. The Labute approximate surface area is 158 Å². The van der Waals surface area contributed by atoms with E-state index < -0.39 is 0 Å². The number of hydrogen-bond acceptors (Lipinski definition) is 3. The fraction of sp³-hybridized carbons (Fsp3) is 0.238. The molecule has 4 nitrogen and oxygen atoms in total. The lowest BCUT2D eigenvalue weighted by molar-refractivity contribution is 0.560. The molecule has 0 bridgehead atoms. The van der Waals surface area contributed by atoms with Crippen molar-refractivity contribution < 1.29 is 4.42 Å². The summed E-state index contributed by atoms with van der Waals surface area (Å²) in [6.07, 6.45) is 0. The summed E-state index contributed by atoms with van der Waals surface area (Å²) in [5.41, 5.74) is 5.55. The molecule has 3 aromatic rings. The molecule has 1 unspecified atom stereocenters. The molecule has 134 valence electrons. The average Bonchev–Trinajstić information content (AvgIpc) is 2.53. The summed E-state index contributed by atoms with van der Waals surface area (Å²) in [4.78, 5) is 11.6. The predicted octanol–water partition coefficient (Wildman–Crippen LogP) is 4.77. The van der Waals surface area contributed by atoms with Gasteiger partial charge in [0.1, 0.15) is 5.58 Å². The van der Waals surface area contributed by atoms with E-state index in [9.17, 15) is 4.79 Å². The van der Waals surface area contributed by atoms with Crippen LogP contribution in [0.4, 0.5) is 5.69 Å². The predicted molar refractivity (Wildman–Crippen MR) is 111 cm³/mol. The Morgan fingerprint density at radius 1 is 1.04 bits per heavy atom. The van der Waals surface area contributed by atoms with E-state index >= 15 is 0 Å². The van der Waals surface area contributed by atoms with E-state index in [1.54, 1.807) is 6.07 Å². The summed E-state index contributed by atoms with van der Waals surface area (Å²) in [5.74, 6) is 0. The van der Waals surface area contributed by atoms with Gasteiger partial charge in [-0.25, -0.2) is 4.79 Å². The van der Waals surface area contributed by atoms with Crippen molar-refractivity contribution in [1.29, 1.82) is 0 Å². The van der Waals surface area contributed by atoms with Crippen molar-refractivity contribution in [1.82, 2.24) is 5.32 Å². The maximum absolute atomic E-state index is 11.6. The molecule has 0 fully saturated rings. The number of benzene rings is 2. The zero-order valence-corrected chi connectivity index (χ0v) is 16.2. The second-order valence-electron chi connectivity index (χ2n) is 6.64. The second-order valence-corrected chi connectivity index (χ2v) is 7.05. The Hall–Kier alpha value is -2.66. The molecule has 0 saturated heterocycles. The molecule has 0 amide bonds. The van der Waals surface area contributed by atoms with Crippen LogP contribution in [0.5, 0.6) is 0 Å². The summed E-state index contributed by atoms with van der Waals surface area (Å²) < 4.78 is 5.28. The maximum atomic E-state index is 11.6. The molecule has 2 aromatic carbocycles. The first-order valence-corrected chi connectivity index (χ1v) is 8.93. The fourth-order valence-electron chi connectivity index (χ4n) is 3.16. The molecule has 0 saturated carbocycles. The smallest absolute Gasteiger partial charge is 0.336 e. The molecule has 26 heavy (non-hydrogen) atoms. The van der Waals surface area contributed by atoms with Crippen molar-refractivity contribution in [3.63, 3.8) is 0 Å². The van der Waals surface area contributed by atoms with Crippen LogP contribution in [-0.2, 0) is 0 Å². The second kappa shape index (κ2) is 7.30. The molecule has 3 rings (SSSR count). The monoisotopic (exact) mass is 366 g/mol. The SMILES string of the molecule is Cc1ccc(C(C)NC(=S)Nc2ccc3c(C)cc(=O)oc3c2)c(C)c1. The molecular formula is C21H22N2O2S. The van der Waals surface area contributed by atoms with E-state index in [0.717, 1.165) is 16.6 Å². The van der Waals surface area contributed by atoms with Gasteiger partial charge in [0.25, 0.3) is 0 Å². The number of thiocarbonyl (C=S) groups is 1. The molecule has 1 aromatic heterocycles. The Morgan fingerprint density at radius 3 is 2.54 bits per heavy atom. The van der Waals surface area contributed by atoms with Gasteiger partial charge in [0.15, 0.2) is 5.11 Å². The zero-order valence-electron chi connectivity index (χ0n) is 15.3. The molecule has 2 N–H and O–H groups in total. The van der Waals surface area contributed by atoms with Crippen molar-refractivity contribution in [2.24, 2.45) is 0 Å². The lowest BCUT2D eigenvalue weighted by atomic mass is 10.0. The van der Waals surface area contributed by atoms with Gasteiger partial charge in [-0.1, -0.05) is 23.8 Å². The van der Waals surface area contributed by atoms with Crippen LogP contribution in [-0.4, -0.2) is 5.11 Å². The number of anilines is 1. The van der Waals surface area contributed by atoms with E-state index in [2.05, 4.69) is 49.6 Å². The molecule has 0 aliphatic carbocycles. The van der Waals surface area contributed by atoms with Crippen LogP contribution in [0, 0.1) is 20.8 Å². The first-order valence-electron chi connectivity index (χ1n) is 8.52. The fourth-order valence-corrected chi connectivity index (χ4v) is 3.45. The first kappa shape index (κ1) is 18.1. The summed E-state index contributed by atoms with van der Waals surface area (Å²) in [5, 5.41) is 7.90. The van der Waals surface area contributed by atoms with E-state index in [4.69, 9.17) is 16.6 Å². The standard InChI is InChI=1S/C21H22N2O2S/c1-12-5-7-17(13(2)9-12)15(4)22-21(26)23-16-6-8-18-14(3)10-20(24)25-19(18)11-16/h5-11,15H,1-4H3,(H2,22,23,26). The molecule has 0 aliphatic heterocycles. The minimum absolute atomic E-state index is 0.0798. The third-order valence-corrected chi connectivity index (χ3v) is 4.67. The molecule has 0 aliphatic rings. The van der Waals surface area contributed by atoms with Gasteiger partial charge >= 0.3 is 5.63 Å². The molecule has 1 heterocycles. The Morgan fingerprint density at radius 2 is 1.81 bits per heavy atom. The van der Waals surface area contributed by atoms with Crippen LogP contribution < -0.4 is 16.3 Å². The molecule has 5 heteroatoms. The van der Waals surface area contributed by atoms with E-state index in [0.29, 0.717) is 10.7 Å². The van der Waals surface area contributed by atoms with Crippen LogP contribution in [0.15, 0.2) is 51.7 Å². The largest absolute Gasteiger partial charge is 0.423 e. The summed E-state index contributed by atoms with van der Waals surface area (Å²) >= 11 is 5.44. The molecule has 0 radical (unpaired) electrons. The maximum Gasteiger partial charge on any atom is 0.336 e. The lowest BCUT2D eigenvalue weighted by Gasteiger charge is -2.19. The number of fused-ring (bicyclic) bond motifs is 1. The van der Waals surface area contributed by atoms with Gasteiger partial charge in [-0.05, 0) is 68.7 Å². The number of rotatable bonds is 3. The van der Waals surface area contributed by atoms with Gasteiger partial charge in [0, 0.05) is 23.2 Å². The quantitative estimate of drug-likeness (QED) is 0.517. The highest BCUT2D eigenvalue weighted by Crippen LogP contribution is 2.22. The summed E-state index contributed by atoms with van der Waals surface area (Å²) in [6, 6.07) is 13.6. The van der Waals surface area contributed by atoms with E-state index in [1.807, 2.05) is 19.1 Å². The molecular weight excluding hydrogens is 344 g/mol. The van der Waals surface area contributed by atoms with Crippen LogP contribution >= 0.6 is 12.2 Å². The Bertz CT molecular complexity index is 1040. The van der Waals surface area contributed by atoms with Crippen molar-refractivity contribution >= 4 is 34.0 Å². The molecule has 0 spiro atoms. The van der Waals surface area contributed by atoms with Gasteiger partial charge in [0.2, 0.25) is 0 Å². The topological polar surface area (TPSA) is 54.3 Å². The van der Waals surface area contributed by atoms with Crippen molar-refractivity contribution in [2.45, 2.75) is 33.7 Å². The van der Waals surface area contributed by atoms with E-state index in [-0.39, 0.29) is 11.7 Å². The normalized spacial score (nSPS) is 12.0. The van der Waals surface area contributed by atoms with Crippen LogP contribution in [0.3, 0.4) is 0 Å². The van der Waals surface area contributed by atoms with Gasteiger partial charge in [-0.15, -0.1) is 0 Å². The van der Waals surface area contributed by atoms with Crippen molar-refractivity contribution in [3.05, 3.63) is 75.1 Å². The van der Waals surface area contributed by atoms with Crippen LogP contribution in [0.1, 0.15) is 35.2 Å². The lowest BCUT2D eigenvalue weighted by Crippen LogP contribution is -2.31. The van der Waals surface area contributed by atoms with Gasteiger partial charge in [0.05, 0.1) is 6.04 Å². The minimum atomic E-state index is -0.351. The summed E-state index contributed by atoms with van der Waals surface area (Å²) in [7, 11) is 0. The zero-order chi connectivity index (χ0) is 18.8. The highest BCUT2D eigenvalue weighted by atomic mass is 32.1. The van der Waals surface area contributed by atoms with Gasteiger partial charge < -0.3 is 15.1 Å². The summed E-state index contributed by atoms with van der Waals surface area (Å²) in [6.45, 7) is 8.16. The van der Waals surface area contributed by atoms with Crippen LogP contribution in [0.2, 0.25) is 0 Å². The molecule has 1 atom stereocenters. The van der Waals surface area contributed by atoms with Crippen molar-refractivity contribution in [3.8, 4) is 0 Å². The number of hydrogen-bond donors (Lipinski definition) is 2.